The zero-order chi connectivity index (χ0) is 21.6. The lowest BCUT2D eigenvalue weighted by Crippen LogP contribution is -2.28. The number of aromatic nitrogens is 2. The molecule has 1 saturated carbocycles. The molecule has 2 aromatic rings. The highest BCUT2D eigenvalue weighted by Crippen LogP contribution is 2.37. The van der Waals surface area contributed by atoms with Gasteiger partial charge in [0.2, 0.25) is 0 Å². The molecule has 1 aromatic heterocycles. The van der Waals surface area contributed by atoms with Gasteiger partial charge in [0.05, 0.1) is 28.2 Å². The van der Waals surface area contributed by atoms with Gasteiger partial charge in [-0.05, 0) is 49.8 Å². The van der Waals surface area contributed by atoms with Crippen molar-refractivity contribution in [2.24, 2.45) is 11.1 Å². The minimum Gasteiger partial charge on any atom is -0.382 e. The molecule has 0 atom stereocenters. The molecule has 1 aromatic carbocycles. The smallest absolute Gasteiger partial charge is 0.250 e. The molecule has 0 radical (unpaired) electrons. The van der Waals surface area contributed by atoms with Crippen LogP contribution in [0.4, 0.5) is 5.69 Å². The van der Waals surface area contributed by atoms with Gasteiger partial charge in [0, 0.05) is 31.0 Å². The van der Waals surface area contributed by atoms with E-state index >= 15 is 0 Å². The molecule has 3 N–H and O–H groups in total. The molecule has 1 heterocycles. The van der Waals surface area contributed by atoms with Crippen LogP contribution in [-0.2, 0) is 11.2 Å². The number of fused-ring (bicyclic) bond motifs is 1. The van der Waals surface area contributed by atoms with Gasteiger partial charge in [0.1, 0.15) is 5.78 Å². The highest BCUT2D eigenvalue weighted by molar-refractivity contribution is 6.00. The van der Waals surface area contributed by atoms with Gasteiger partial charge in [-0.3, -0.25) is 14.4 Å². The summed E-state index contributed by atoms with van der Waals surface area (Å²) in [6.45, 7) is 6.05. The Kier molecular flexibility index (Phi) is 5.00. The molecule has 0 bridgehead atoms. The van der Waals surface area contributed by atoms with Crippen molar-refractivity contribution in [2.45, 2.75) is 65.3 Å². The van der Waals surface area contributed by atoms with Gasteiger partial charge in [-0.15, -0.1) is 0 Å². The minimum atomic E-state index is -0.508. The molecule has 1 fully saturated rings. The molecule has 4 rings (SSSR count). The molecule has 0 unspecified atom stereocenters. The maximum atomic E-state index is 12.7. The number of amides is 1. The van der Waals surface area contributed by atoms with Gasteiger partial charge in [0.25, 0.3) is 5.91 Å². The summed E-state index contributed by atoms with van der Waals surface area (Å²) in [5.41, 5.74) is 9.66. The second kappa shape index (κ2) is 7.38. The van der Waals surface area contributed by atoms with Crippen molar-refractivity contribution in [1.82, 2.24) is 9.78 Å². The molecule has 30 heavy (non-hydrogen) atoms. The molecule has 158 valence electrons. The maximum Gasteiger partial charge on any atom is 0.250 e. The maximum absolute atomic E-state index is 12.7. The highest BCUT2D eigenvalue weighted by atomic mass is 16.1. The number of nitrogens with one attached hydrogen (secondary N) is 1. The van der Waals surface area contributed by atoms with E-state index in [1.165, 1.54) is 0 Å². The topological polar surface area (TPSA) is 107 Å². The summed E-state index contributed by atoms with van der Waals surface area (Å²) < 4.78 is 1.82. The van der Waals surface area contributed by atoms with Crippen molar-refractivity contribution >= 4 is 23.2 Å². The highest BCUT2D eigenvalue weighted by Gasteiger charge is 2.35. The first kappa shape index (κ1) is 20.3. The summed E-state index contributed by atoms with van der Waals surface area (Å²) in [5, 5.41) is 8.07. The lowest BCUT2D eigenvalue weighted by atomic mass is 9.75. The Labute approximate surface area is 176 Å². The van der Waals surface area contributed by atoms with E-state index in [4.69, 9.17) is 5.73 Å². The number of rotatable bonds is 4. The summed E-state index contributed by atoms with van der Waals surface area (Å²) in [4.78, 5) is 36.3. The van der Waals surface area contributed by atoms with Crippen molar-refractivity contribution in [1.29, 1.82) is 0 Å². The standard InChI is InChI=1S/C23H28N4O3/c1-13-21-19(11-23(2,3)12-20(21)29)27(26-13)15-6-9-17(22(24)30)18(10-15)25-14-4-7-16(28)8-5-14/h6,9-10,14,25H,4-5,7-8,11-12H2,1-3H3,(H2,24,30). The largest absolute Gasteiger partial charge is 0.382 e. The Morgan fingerprint density at radius 2 is 1.90 bits per heavy atom. The van der Waals surface area contributed by atoms with Gasteiger partial charge in [-0.2, -0.15) is 5.10 Å². The first-order valence-corrected chi connectivity index (χ1v) is 10.5. The first-order valence-electron chi connectivity index (χ1n) is 10.5. The number of ketones is 2. The normalized spacial score (nSPS) is 18.9. The number of primary amides is 1. The summed E-state index contributed by atoms with van der Waals surface area (Å²) in [5.74, 6) is -0.0993. The number of benzene rings is 1. The Balaban J connectivity index is 1.74. The molecule has 7 nitrogen and oxygen atoms in total. The molecular weight excluding hydrogens is 380 g/mol. The molecule has 2 aliphatic carbocycles. The van der Waals surface area contributed by atoms with Crippen molar-refractivity contribution in [3.05, 3.63) is 40.7 Å². The van der Waals surface area contributed by atoms with Crippen LogP contribution in [0.1, 0.15) is 78.1 Å². The Morgan fingerprint density at radius 3 is 2.57 bits per heavy atom. The van der Waals surface area contributed by atoms with Crippen molar-refractivity contribution < 1.29 is 14.4 Å². The number of aryl methyl sites for hydroxylation is 1. The average Bonchev–Trinajstić information content (AvgIpc) is 2.98. The van der Waals surface area contributed by atoms with Crippen LogP contribution in [0.5, 0.6) is 0 Å². The predicted octanol–water partition coefficient (Wildman–Crippen LogP) is 3.36. The number of Topliss-reactive ketones (excluding diaryl/α,β-unsaturated/α-hetero) is 2. The molecule has 0 saturated heterocycles. The average molecular weight is 409 g/mol. The quantitative estimate of drug-likeness (QED) is 0.807. The Hall–Kier alpha value is -2.96. The van der Waals surface area contributed by atoms with Gasteiger partial charge in [-0.1, -0.05) is 13.8 Å². The van der Waals surface area contributed by atoms with Crippen LogP contribution in [-0.4, -0.2) is 33.3 Å². The lowest BCUT2D eigenvalue weighted by molar-refractivity contribution is -0.120. The minimum absolute atomic E-state index is 0.116. The van der Waals surface area contributed by atoms with E-state index in [1.807, 2.05) is 23.7 Å². The van der Waals surface area contributed by atoms with Gasteiger partial charge in [-0.25, -0.2) is 4.68 Å². The zero-order valence-corrected chi connectivity index (χ0v) is 17.7. The van der Waals surface area contributed by atoms with Crippen LogP contribution in [0, 0.1) is 12.3 Å². The number of nitrogens with zero attached hydrogens (tertiary/aromatic N) is 2. The van der Waals surface area contributed by atoms with E-state index < -0.39 is 5.91 Å². The second-order valence-corrected chi connectivity index (χ2v) is 9.31. The monoisotopic (exact) mass is 408 g/mol. The molecule has 0 aliphatic heterocycles. The van der Waals surface area contributed by atoms with Gasteiger partial charge >= 0.3 is 0 Å². The fourth-order valence-corrected chi connectivity index (χ4v) is 4.66. The van der Waals surface area contributed by atoms with E-state index in [0.717, 1.165) is 36.3 Å². The number of nitrogens with two attached hydrogens (primary N) is 1. The zero-order valence-electron chi connectivity index (χ0n) is 17.7. The van der Waals surface area contributed by atoms with Crippen LogP contribution < -0.4 is 11.1 Å². The summed E-state index contributed by atoms with van der Waals surface area (Å²) in [6.07, 6.45) is 3.83. The summed E-state index contributed by atoms with van der Waals surface area (Å²) in [6, 6.07) is 5.50. The lowest BCUT2D eigenvalue weighted by Gasteiger charge is -2.29. The van der Waals surface area contributed by atoms with E-state index in [2.05, 4.69) is 24.3 Å². The summed E-state index contributed by atoms with van der Waals surface area (Å²) in [7, 11) is 0. The van der Waals surface area contributed by atoms with E-state index in [0.29, 0.717) is 36.1 Å². The van der Waals surface area contributed by atoms with Crippen LogP contribution >= 0.6 is 0 Å². The predicted molar refractivity (Wildman–Crippen MR) is 114 cm³/mol. The fraction of sp³-hybridized carbons (Fsp3) is 0.478. The second-order valence-electron chi connectivity index (χ2n) is 9.31. The number of anilines is 1. The van der Waals surface area contributed by atoms with E-state index in [-0.39, 0.29) is 23.0 Å². The molecule has 1 amide bonds. The van der Waals surface area contributed by atoms with Crippen molar-refractivity contribution in [3.8, 4) is 5.69 Å². The third kappa shape index (κ3) is 3.76. The fourth-order valence-electron chi connectivity index (χ4n) is 4.66. The van der Waals surface area contributed by atoms with Gasteiger partial charge < -0.3 is 11.1 Å². The van der Waals surface area contributed by atoms with Crippen molar-refractivity contribution in [2.75, 3.05) is 5.32 Å². The Morgan fingerprint density at radius 1 is 1.20 bits per heavy atom. The number of carbonyl (C=O) groups is 3. The van der Waals surface area contributed by atoms with Gasteiger partial charge in [0.15, 0.2) is 5.78 Å². The number of hydrogen-bond donors (Lipinski definition) is 2. The number of hydrogen-bond acceptors (Lipinski definition) is 5. The Bertz CT molecular complexity index is 1040. The first-order chi connectivity index (χ1) is 14.1. The van der Waals surface area contributed by atoms with Crippen molar-refractivity contribution in [3.63, 3.8) is 0 Å². The van der Waals surface area contributed by atoms with Crippen LogP contribution in [0.15, 0.2) is 18.2 Å². The third-order valence-electron chi connectivity index (χ3n) is 6.14. The SMILES string of the molecule is Cc1nn(-c2ccc(C(N)=O)c(NC3CCC(=O)CC3)c2)c2c1C(=O)CC(C)(C)C2. The number of carbonyl (C=O) groups excluding carboxylic acids is 3. The third-order valence-corrected chi connectivity index (χ3v) is 6.14. The van der Waals surface area contributed by atoms with Crippen LogP contribution in [0.25, 0.3) is 5.69 Å². The molecule has 7 heteroatoms. The molecule has 0 spiro atoms. The van der Waals surface area contributed by atoms with E-state index in [1.54, 1.807) is 6.07 Å². The molecule has 2 aliphatic rings. The molecular formula is C23H28N4O3. The van der Waals surface area contributed by atoms with Crippen LogP contribution in [0.3, 0.4) is 0 Å². The van der Waals surface area contributed by atoms with E-state index in [9.17, 15) is 14.4 Å². The summed E-state index contributed by atoms with van der Waals surface area (Å²) >= 11 is 0. The van der Waals surface area contributed by atoms with Crippen LogP contribution in [0.2, 0.25) is 0 Å².